The fourth-order valence-electron chi connectivity index (χ4n) is 1.09. The first-order chi connectivity index (χ1) is 7.11. The van der Waals surface area contributed by atoms with Crippen LogP contribution in [-0.4, -0.2) is 24.2 Å². The van der Waals surface area contributed by atoms with Crippen LogP contribution in [0, 0.1) is 0 Å². The molecular formula is C10H12ClF2NO. The Labute approximate surface area is 91.9 Å². The highest BCUT2D eigenvalue weighted by molar-refractivity contribution is 6.31. The van der Waals surface area contributed by atoms with Crippen LogP contribution in [0.15, 0.2) is 24.3 Å². The molecule has 0 aromatic heterocycles. The maximum Gasteiger partial charge on any atom is 0.265 e. The lowest BCUT2D eigenvalue weighted by molar-refractivity contribution is -0.00340. The standard InChI is InChI=1S/C10H12ClF2NO/c11-8-4-2-1-3-7(8)5-14-6-9(15)10(12)13/h1-4,9-10,14-15H,5-6H2. The smallest absolute Gasteiger partial charge is 0.265 e. The molecule has 84 valence electrons. The highest BCUT2D eigenvalue weighted by atomic mass is 35.5. The van der Waals surface area contributed by atoms with Gasteiger partial charge in [-0.25, -0.2) is 8.78 Å². The molecule has 0 fully saturated rings. The first-order valence-corrected chi connectivity index (χ1v) is 4.89. The molecule has 15 heavy (non-hydrogen) atoms. The van der Waals surface area contributed by atoms with Crippen LogP contribution in [0.4, 0.5) is 8.78 Å². The number of benzene rings is 1. The number of alkyl halides is 2. The molecule has 0 spiro atoms. The fourth-order valence-corrected chi connectivity index (χ4v) is 1.29. The van der Waals surface area contributed by atoms with Gasteiger partial charge in [-0.1, -0.05) is 29.8 Å². The van der Waals surface area contributed by atoms with Gasteiger partial charge in [0.1, 0.15) is 6.10 Å². The first kappa shape index (κ1) is 12.4. The van der Waals surface area contributed by atoms with Crippen molar-refractivity contribution in [2.24, 2.45) is 0 Å². The number of hydrogen-bond acceptors (Lipinski definition) is 2. The fraction of sp³-hybridized carbons (Fsp3) is 0.400. The number of aliphatic hydroxyl groups is 1. The normalized spacial score (nSPS) is 13.1. The van der Waals surface area contributed by atoms with Crippen molar-refractivity contribution in [1.29, 1.82) is 0 Å². The zero-order valence-corrected chi connectivity index (χ0v) is 8.72. The van der Waals surface area contributed by atoms with E-state index in [-0.39, 0.29) is 6.54 Å². The van der Waals surface area contributed by atoms with Gasteiger partial charge in [0.2, 0.25) is 0 Å². The third-order valence-corrected chi connectivity index (χ3v) is 2.29. The molecule has 0 heterocycles. The van der Waals surface area contributed by atoms with E-state index in [4.69, 9.17) is 16.7 Å². The summed E-state index contributed by atoms with van der Waals surface area (Å²) in [5.41, 5.74) is 0.820. The molecule has 0 radical (unpaired) electrons. The Balaban J connectivity index is 2.35. The van der Waals surface area contributed by atoms with E-state index in [0.717, 1.165) is 5.56 Å². The summed E-state index contributed by atoms with van der Waals surface area (Å²) in [7, 11) is 0. The summed E-state index contributed by atoms with van der Waals surface area (Å²) in [6.07, 6.45) is -4.35. The monoisotopic (exact) mass is 235 g/mol. The van der Waals surface area contributed by atoms with Crippen molar-refractivity contribution in [3.63, 3.8) is 0 Å². The molecule has 5 heteroatoms. The van der Waals surface area contributed by atoms with E-state index in [0.29, 0.717) is 11.6 Å². The summed E-state index contributed by atoms with van der Waals surface area (Å²) in [6.45, 7) is 0.215. The minimum Gasteiger partial charge on any atom is -0.386 e. The Morgan fingerprint density at radius 2 is 2.00 bits per heavy atom. The summed E-state index contributed by atoms with van der Waals surface area (Å²) in [6, 6.07) is 7.12. The van der Waals surface area contributed by atoms with E-state index >= 15 is 0 Å². The Hall–Kier alpha value is -0.710. The summed E-state index contributed by atoms with van der Waals surface area (Å²) in [4.78, 5) is 0. The van der Waals surface area contributed by atoms with Crippen LogP contribution >= 0.6 is 11.6 Å². The molecule has 0 amide bonds. The molecule has 0 aliphatic rings. The number of hydrogen-bond donors (Lipinski definition) is 2. The second-order valence-corrected chi connectivity index (χ2v) is 3.53. The minimum absolute atomic E-state index is 0.150. The van der Waals surface area contributed by atoms with Crippen LogP contribution in [-0.2, 0) is 6.54 Å². The molecule has 1 rings (SSSR count). The van der Waals surface area contributed by atoms with Gasteiger partial charge in [-0.05, 0) is 11.6 Å². The molecule has 1 unspecified atom stereocenters. The van der Waals surface area contributed by atoms with Crippen LogP contribution < -0.4 is 5.32 Å². The van der Waals surface area contributed by atoms with Crippen LogP contribution in [0.2, 0.25) is 5.02 Å². The third-order valence-electron chi connectivity index (χ3n) is 1.92. The lowest BCUT2D eigenvalue weighted by Crippen LogP contribution is -2.31. The minimum atomic E-state index is -2.72. The van der Waals surface area contributed by atoms with Gasteiger partial charge in [0.15, 0.2) is 0 Å². The molecule has 1 aromatic rings. The second kappa shape index (κ2) is 6.00. The van der Waals surface area contributed by atoms with E-state index < -0.39 is 12.5 Å². The summed E-state index contributed by atoms with van der Waals surface area (Å²) in [5, 5.41) is 12.1. The van der Waals surface area contributed by atoms with Gasteiger partial charge >= 0.3 is 0 Å². The maximum atomic E-state index is 11.9. The predicted octanol–water partition coefficient (Wildman–Crippen LogP) is 2.06. The quantitative estimate of drug-likeness (QED) is 0.819. The molecule has 2 N–H and O–H groups in total. The zero-order valence-electron chi connectivity index (χ0n) is 7.96. The summed E-state index contributed by atoms with van der Waals surface area (Å²) >= 11 is 5.85. The lowest BCUT2D eigenvalue weighted by Gasteiger charge is -2.11. The van der Waals surface area contributed by atoms with E-state index in [1.54, 1.807) is 18.2 Å². The largest absolute Gasteiger partial charge is 0.386 e. The maximum absolute atomic E-state index is 11.9. The topological polar surface area (TPSA) is 32.3 Å². The Morgan fingerprint density at radius 3 is 2.60 bits per heavy atom. The molecule has 0 bridgehead atoms. The highest BCUT2D eigenvalue weighted by Gasteiger charge is 2.15. The van der Waals surface area contributed by atoms with Crippen molar-refractivity contribution in [3.05, 3.63) is 34.9 Å². The molecule has 0 saturated heterocycles. The molecule has 0 aliphatic heterocycles. The molecule has 1 atom stereocenters. The van der Waals surface area contributed by atoms with Crippen LogP contribution in [0.1, 0.15) is 5.56 Å². The Bertz CT molecular complexity index is 309. The molecule has 2 nitrogen and oxygen atoms in total. The van der Waals surface area contributed by atoms with E-state index in [2.05, 4.69) is 5.32 Å². The van der Waals surface area contributed by atoms with Crippen LogP contribution in [0.25, 0.3) is 0 Å². The average Bonchev–Trinajstić information content (AvgIpc) is 2.20. The van der Waals surface area contributed by atoms with Crippen molar-refractivity contribution in [3.8, 4) is 0 Å². The number of rotatable bonds is 5. The molecule has 1 aromatic carbocycles. The van der Waals surface area contributed by atoms with Crippen LogP contribution in [0.3, 0.4) is 0 Å². The van der Waals surface area contributed by atoms with Crippen molar-refractivity contribution < 1.29 is 13.9 Å². The molecule has 0 aliphatic carbocycles. The van der Waals surface area contributed by atoms with Gasteiger partial charge in [0.05, 0.1) is 0 Å². The Morgan fingerprint density at radius 1 is 1.33 bits per heavy atom. The zero-order chi connectivity index (χ0) is 11.3. The summed E-state index contributed by atoms with van der Waals surface area (Å²) in [5.74, 6) is 0. The van der Waals surface area contributed by atoms with E-state index in [1.165, 1.54) is 0 Å². The van der Waals surface area contributed by atoms with Crippen molar-refractivity contribution in [2.75, 3.05) is 6.54 Å². The molecule has 0 saturated carbocycles. The SMILES string of the molecule is OC(CNCc1ccccc1Cl)C(F)F. The van der Waals surface area contributed by atoms with Gasteiger partial charge in [-0.3, -0.25) is 0 Å². The van der Waals surface area contributed by atoms with Crippen molar-refractivity contribution >= 4 is 11.6 Å². The number of halogens is 3. The van der Waals surface area contributed by atoms with Gasteiger partial charge in [0.25, 0.3) is 6.43 Å². The summed E-state index contributed by atoms with van der Waals surface area (Å²) < 4.78 is 23.8. The van der Waals surface area contributed by atoms with Crippen molar-refractivity contribution in [2.45, 2.75) is 19.1 Å². The highest BCUT2D eigenvalue weighted by Crippen LogP contribution is 2.14. The van der Waals surface area contributed by atoms with E-state index in [9.17, 15) is 8.78 Å². The molecular weight excluding hydrogens is 224 g/mol. The van der Waals surface area contributed by atoms with Gasteiger partial charge in [-0.2, -0.15) is 0 Å². The first-order valence-electron chi connectivity index (χ1n) is 4.51. The van der Waals surface area contributed by atoms with Gasteiger partial charge < -0.3 is 10.4 Å². The predicted molar refractivity (Wildman–Crippen MR) is 55.2 cm³/mol. The van der Waals surface area contributed by atoms with Crippen LogP contribution in [0.5, 0.6) is 0 Å². The van der Waals surface area contributed by atoms with Gasteiger partial charge in [-0.15, -0.1) is 0 Å². The van der Waals surface area contributed by atoms with Crippen molar-refractivity contribution in [1.82, 2.24) is 5.32 Å². The third kappa shape index (κ3) is 4.11. The second-order valence-electron chi connectivity index (χ2n) is 3.12. The van der Waals surface area contributed by atoms with Gasteiger partial charge in [0, 0.05) is 18.1 Å². The van der Waals surface area contributed by atoms with E-state index in [1.807, 2.05) is 6.07 Å². The number of nitrogens with one attached hydrogen (secondary N) is 1. The number of aliphatic hydroxyl groups excluding tert-OH is 1. The average molecular weight is 236 g/mol. The Kier molecular flexibility index (Phi) is 4.94. The lowest BCUT2D eigenvalue weighted by atomic mass is 10.2.